The van der Waals surface area contributed by atoms with Crippen molar-refractivity contribution < 1.29 is 4.79 Å². The molecule has 2 aromatic heterocycles. The number of aromatic nitrogens is 2. The lowest BCUT2D eigenvalue weighted by Crippen LogP contribution is -2.48. The van der Waals surface area contributed by atoms with E-state index >= 15 is 0 Å². The summed E-state index contributed by atoms with van der Waals surface area (Å²) in [4.78, 5) is 19.7. The van der Waals surface area contributed by atoms with Crippen LogP contribution in [-0.4, -0.2) is 58.2 Å². The molecule has 1 N–H and O–H groups in total. The van der Waals surface area contributed by atoms with Crippen LogP contribution in [0.5, 0.6) is 0 Å². The van der Waals surface area contributed by atoms with Crippen LogP contribution in [-0.2, 0) is 18.4 Å². The van der Waals surface area contributed by atoms with Crippen molar-refractivity contribution in [2.45, 2.75) is 20.4 Å². The van der Waals surface area contributed by atoms with Gasteiger partial charge in [-0.3, -0.25) is 19.3 Å². The SMILES string of the molecule is Cc1nn(C)c(C)c1NC(=O)CN1CCN(Cc2ccc(-c3ccccc3Cl)s2)CC1. The summed E-state index contributed by atoms with van der Waals surface area (Å²) in [5.74, 6) is 0.0234. The van der Waals surface area contributed by atoms with Gasteiger partial charge < -0.3 is 5.32 Å². The number of thiophene rings is 1. The molecule has 0 bridgehead atoms. The smallest absolute Gasteiger partial charge is 0.238 e. The molecule has 1 fully saturated rings. The second kappa shape index (κ2) is 9.53. The van der Waals surface area contributed by atoms with Crippen LogP contribution in [0.25, 0.3) is 10.4 Å². The lowest BCUT2D eigenvalue weighted by molar-refractivity contribution is -0.117. The Balaban J connectivity index is 1.26. The van der Waals surface area contributed by atoms with Crippen molar-refractivity contribution in [1.29, 1.82) is 0 Å². The fourth-order valence-corrected chi connectivity index (χ4v) is 5.31. The van der Waals surface area contributed by atoms with E-state index in [1.165, 1.54) is 9.75 Å². The molecule has 0 unspecified atom stereocenters. The molecule has 0 aliphatic carbocycles. The molecule has 0 saturated carbocycles. The highest BCUT2D eigenvalue weighted by Gasteiger charge is 2.21. The first kappa shape index (κ1) is 22.0. The summed E-state index contributed by atoms with van der Waals surface area (Å²) < 4.78 is 1.80. The molecule has 1 saturated heterocycles. The molecule has 1 aliphatic heterocycles. The summed E-state index contributed by atoms with van der Waals surface area (Å²) in [5, 5.41) is 8.19. The van der Waals surface area contributed by atoms with Crippen LogP contribution in [0.1, 0.15) is 16.3 Å². The predicted octanol–water partition coefficient (Wildman–Crippen LogP) is 4.18. The molecule has 1 aliphatic rings. The van der Waals surface area contributed by atoms with Crippen molar-refractivity contribution in [1.82, 2.24) is 19.6 Å². The molecule has 164 valence electrons. The number of rotatable bonds is 6. The molecule has 4 rings (SSSR count). The van der Waals surface area contributed by atoms with E-state index in [1.807, 2.05) is 39.1 Å². The Kier molecular flexibility index (Phi) is 6.77. The number of hydrogen-bond acceptors (Lipinski definition) is 5. The predicted molar refractivity (Wildman–Crippen MR) is 128 cm³/mol. The lowest BCUT2D eigenvalue weighted by atomic mass is 10.2. The fraction of sp³-hybridized carbons (Fsp3) is 0.391. The highest BCUT2D eigenvalue weighted by Crippen LogP contribution is 2.33. The normalized spacial score (nSPS) is 15.4. The Morgan fingerprint density at radius 3 is 2.48 bits per heavy atom. The Bertz CT molecular complexity index is 1070. The maximum atomic E-state index is 12.5. The Hall–Kier alpha value is -2.19. The van der Waals surface area contributed by atoms with Crippen LogP contribution in [0.15, 0.2) is 36.4 Å². The molecule has 31 heavy (non-hydrogen) atoms. The molecule has 3 heterocycles. The van der Waals surface area contributed by atoms with Crippen LogP contribution >= 0.6 is 22.9 Å². The van der Waals surface area contributed by atoms with Crippen molar-refractivity contribution in [2.24, 2.45) is 7.05 Å². The van der Waals surface area contributed by atoms with Crippen molar-refractivity contribution in [3.8, 4) is 10.4 Å². The summed E-state index contributed by atoms with van der Waals surface area (Å²) in [7, 11) is 1.89. The first-order valence-corrected chi connectivity index (χ1v) is 11.7. The van der Waals surface area contributed by atoms with Gasteiger partial charge in [0.25, 0.3) is 0 Å². The van der Waals surface area contributed by atoms with Crippen LogP contribution < -0.4 is 5.32 Å². The van der Waals surface area contributed by atoms with Gasteiger partial charge in [0.1, 0.15) is 0 Å². The summed E-state index contributed by atoms with van der Waals surface area (Å²) >= 11 is 8.14. The molecule has 8 heteroatoms. The average molecular weight is 458 g/mol. The number of piperazine rings is 1. The van der Waals surface area contributed by atoms with Gasteiger partial charge in [-0.25, -0.2) is 0 Å². The summed E-state index contributed by atoms with van der Waals surface area (Å²) in [5.41, 5.74) is 3.75. The van der Waals surface area contributed by atoms with Gasteiger partial charge in [0.2, 0.25) is 5.91 Å². The van der Waals surface area contributed by atoms with E-state index in [0.29, 0.717) is 6.54 Å². The molecule has 0 atom stereocenters. The van der Waals surface area contributed by atoms with Gasteiger partial charge in [-0.05, 0) is 32.0 Å². The first-order chi connectivity index (χ1) is 14.9. The molecule has 0 spiro atoms. The van der Waals surface area contributed by atoms with Gasteiger partial charge in [0.15, 0.2) is 0 Å². The number of aryl methyl sites for hydroxylation is 2. The van der Waals surface area contributed by atoms with Crippen LogP contribution in [0, 0.1) is 13.8 Å². The van der Waals surface area contributed by atoms with Gasteiger partial charge >= 0.3 is 0 Å². The molecule has 1 aromatic carbocycles. The van der Waals surface area contributed by atoms with Crippen molar-refractivity contribution in [3.63, 3.8) is 0 Å². The van der Waals surface area contributed by atoms with E-state index in [0.717, 1.165) is 60.4 Å². The van der Waals surface area contributed by atoms with Crippen LogP contribution in [0.3, 0.4) is 0 Å². The van der Waals surface area contributed by atoms with E-state index in [4.69, 9.17) is 11.6 Å². The van der Waals surface area contributed by atoms with E-state index in [9.17, 15) is 4.79 Å². The Morgan fingerprint density at radius 1 is 1.10 bits per heavy atom. The quantitative estimate of drug-likeness (QED) is 0.603. The van der Waals surface area contributed by atoms with Crippen molar-refractivity contribution in [2.75, 3.05) is 38.0 Å². The third-order valence-electron chi connectivity index (χ3n) is 5.79. The van der Waals surface area contributed by atoms with Gasteiger partial charge in [0, 0.05) is 60.1 Å². The average Bonchev–Trinajstić information content (AvgIpc) is 3.30. The third-order valence-corrected chi connectivity index (χ3v) is 7.22. The minimum atomic E-state index is 0.0234. The number of halogens is 1. The summed E-state index contributed by atoms with van der Waals surface area (Å²) in [6, 6.07) is 12.3. The largest absolute Gasteiger partial charge is 0.322 e. The highest BCUT2D eigenvalue weighted by molar-refractivity contribution is 7.15. The van der Waals surface area contributed by atoms with Gasteiger partial charge in [-0.2, -0.15) is 5.10 Å². The lowest BCUT2D eigenvalue weighted by Gasteiger charge is -2.34. The number of carbonyl (C=O) groups excluding carboxylic acids is 1. The zero-order chi connectivity index (χ0) is 22.0. The molecular weight excluding hydrogens is 430 g/mol. The zero-order valence-corrected chi connectivity index (χ0v) is 19.8. The number of anilines is 1. The van der Waals surface area contributed by atoms with Gasteiger partial charge in [-0.15, -0.1) is 11.3 Å². The highest BCUT2D eigenvalue weighted by atomic mass is 35.5. The topological polar surface area (TPSA) is 53.4 Å². The number of carbonyl (C=O) groups is 1. The van der Waals surface area contributed by atoms with E-state index in [-0.39, 0.29) is 5.91 Å². The Morgan fingerprint density at radius 2 is 1.81 bits per heavy atom. The number of nitrogens with zero attached hydrogens (tertiary/aromatic N) is 4. The number of nitrogens with one attached hydrogen (secondary N) is 1. The second-order valence-electron chi connectivity index (χ2n) is 8.02. The monoisotopic (exact) mass is 457 g/mol. The second-order valence-corrected chi connectivity index (χ2v) is 9.59. The van der Waals surface area contributed by atoms with E-state index < -0.39 is 0 Å². The number of hydrogen-bond donors (Lipinski definition) is 1. The number of amides is 1. The maximum Gasteiger partial charge on any atom is 0.238 e. The molecule has 1 amide bonds. The van der Waals surface area contributed by atoms with Crippen molar-refractivity contribution in [3.05, 3.63) is 57.7 Å². The van der Waals surface area contributed by atoms with Crippen molar-refractivity contribution >= 4 is 34.5 Å². The molecule has 3 aromatic rings. The van der Waals surface area contributed by atoms with Gasteiger partial charge in [0.05, 0.1) is 23.6 Å². The standard InChI is InChI=1S/C23H28ClN5OS/c1-16-23(17(2)27(3)26-16)25-22(30)15-29-12-10-28(11-13-29)14-18-8-9-21(31-18)19-6-4-5-7-20(19)24/h4-9H,10-15H2,1-3H3,(H,25,30). The Labute approximate surface area is 192 Å². The van der Waals surface area contributed by atoms with E-state index in [2.05, 4.69) is 38.4 Å². The van der Waals surface area contributed by atoms with Gasteiger partial charge in [-0.1, -0.05) is 29.8 Å². The molecule has 0 radical (unpaired) electrons. The summed E-state index contributed by atoms with van der Waals surface area (Å²) in [6.45, 7) is 8.93. The molecular formula is C23H28ClN5OS. The maximum absolute atomic E-state index is 12.5. The van der Waals surface area contributed by atoms with E-state index in [1.54, 1.807) is 16.0 Å². The number of benzene rings is 1. The first-order valence-electron chi connectivity index (χ1n) is 10.5. The molecule has 6 nitrogen and oxygen atoms in total. The zero-order valence-electron chi connectivity index (χ0n) is 18.2. The van der Waals surface area contributed by atoms with Crippen LogP contribution in [0.2, 0.25) is 5.02 Å². The fourth-order valence-electron chi connectivity index (χ4n) is 3.93. The minimum absolute atomic E-state index is 0.0234. The summed E-state index contributed by atoms with van der Waals surface area (Å²) in [6.07, 6.45) is 0. The van der Waals surface area contributed by atoms with Crippen LogP contribution in [0.4, 0.5) is 5.69 Å². The minimum Gasteiger partial charge on any atom is -0.322 e. The third kappa shape index (κ3) is 5.18.